The molecule has 138 valence electrons. The van der Waals surface area contributed by atoms with E-state index in [1.807, 2.05) is 42.6 Å². The minimum atomic E-state index is -0.287. The molecule has 5 heteroatoms. The van der Waals surface area contributed by atoms with Gasteiger partial charge in [0.05, 0.1) is 0 Å². The molecule has 0 aliphatic carbocycles. The number of hydrazine groups is 1. The van der Waals surface area contributed by atoms with Crippen molar-refractivity contribution in [3.8, 4) is 0 Å². The van der Waals surface area contributed by atoms with Gasteiger partial charge in [0.2, 0.25) is 0 Å². The maximum atomic E-state index is 12.1. The molecule has 0 saturated carbocycles. The highest BCUT2D eigenvalue weighted by molar-refractivity contribution is 6.22. The summed E-state index contributed by atoms with van der Waals surface area (Å²) >= 11 is 0. The number of amides is 2. The Labute approximate surface area is 159 Å². The summed E-state index contributed by atoms with van der Waals surface area (Å²) in [6, 6.07) is 20.4. The lowest BCUT2D eigenvalue weighted by molar-refractivity contribution is -0.141. The molecule has 27 heavy (non-hydrogen) atoms. The number of likely N-dealkylation sites (N-methyl/N-ethyl adjacent to an activating group) is 2. The van der Waals surface area contributed by atoms with Crippen molar-refractivity contribution in [2.24, 2.45) is 0 Å². The quantitative estimate of drug-likeness (QED) is 0.587. The largest absolute Gasteiger partial charge is 0.369 e. The standard InChI is InChI=1S/C22H23N3O2/c1-23-21(26)20(22(27)24(23)2)14-9-15-25(16-18-10-5-3-6-11-18)17-19-12-7-4-8-13-19/h3-15H,16-17H2,1-2H3/b15-9+. The minimum absolute atomic E-state index is 0.177. The molecule has 1 saturated heterocycles. The first-order valence-electron chi connectivity index (χ1n) is 8.82. The summed E-state index contributed by atoms with van der Waals surface area (Å²) in [5, 5.41) is 2.63. The first-order valence-corrected chi connectivity index (χ1v) is 8.82. The highest BCUT2D eigenvalue weighted by Gasteiger charge is 2.35. The molecule has 1 aliphatic heterocycles. The summed E-state index contributed by atoms with van der Waals surface area (Å²) in [6.07, 6.45) is 5.28. The minimum Gasteiger partial charge on any atom is -0.369 e. The van der Waals surface area contributed by atoms with E-state index in [1.165, 1.54) is 21.1 Å². The molecule has 2 amide bonds. The average molecular weight is 361 g/mol. The fourth-order valence-corrected chi connectivity index (χ4v) is 2.91. The van der Waals surface area contributed by atoms with Crippen molar-refractivity contribution in [2.75, 3.05) is 14.1 Å². The Hall–Kier alpha value is -3.34. The Morgan fingerprint density at radius 2 is 1.22 bits per heavy atom. The molecule has 2 aromatic carbocycles. The van der Waals surface area contributed by atoms with Crippen LogP contribution >= 0.6 is 0 Å². The van der Waals surface area contributed by atoms with Crippen molar-refractivity contribution in [1.82, 2.24) is 14.9 Å². The molecule has 5 nitrogen and oxygen atoms in total. The molecule has 0 bridgehead atoms. The Morgan fingerprint density at radius 3 is 1.67 bits per heavy atom. The third-order valence-corrected chi connectivity index (χ3v) is 4.52. The van der Waals surface area contributed by atoms with Gasteiger partial charge in [-0.2, -0.15) is 0 Å². The van der Waals surface area contributed by atoms with E-state index in [-0.39, 0.29) is 17.4 Å². The normalized spacial score (nSPS) is 14.4. The van der Waals surface area contributed by atoms with Crippen LogP contribution in [0.4, 0.5) is 0 Å². The number of allylic oxidation sites excluding steroid dienone is 2. The summed E-state index contributed by atoms with van der Waals surface area (Å²) in [5.74, 6) is -0.574. The maximum absolute atomic E-state index is 12.1. The third-order valence-electron chi connectivity index (χ3n) is 4.52. The van der Waals surface area contributed by atoms with Crippen molar-refractivity contribution < 1.29 is 9.59 Å². The number of rotatable bonds is 6. The van der Waals surface area contributed by atoms with Gasteiger partial charge in [-0.1, -0.05) is 60.7 Å². The van der Waals surface area contributed by atoms with Gasteiger partial charge in [0.1, 0.15) is 5.57 Å². The highest BCUT2D eigenvalue weighted by Crippen LogP contribution is 2.16. The van der Waals surface area contributed by atoms with Crippen LogP contribution in [0.1, 0.15) is 11.1 Å². The van der Waals surface area contributed by atoms with E-state index in [1.54, 1.807) is 26.2 Å². The lowest BCUT2D eigenvalue weighted by atomic mass is 10.1. The van der Waals surface area contributed by atoms with Gasteiger partial charge in [0, 0.05) is 27.2 Å². The second-order valence-corrected chi connectivity index (χ2v) is 6.46. The summed E-state index contributed by atoms with van der Waals surface area (Å²) < 4.78 is 0. The molecule has 0 aromatic heterocycles. The lowest BCUT2D eigenvalue weighted by Gasteiger charge is -2.20. The maximum Gasteiger partial charge on any atom is 0.277 e. The fourth-order valence-electron chi connectivity index (χ4n) is 2.91. The van der Waals surface area contributed by atoms with Gasteiger partial charge in [-0.3, -0.25) is 19.6 Å². The van der Waals surface area contributed by atoms with Crippen LogP contribution in [0.5, 0.6) is 0 Å². The number of benzene rings is 2. The van der Waals surface area contributed by atoms with Crippen molar-refractivity contribution >= 4 is 11.8 Å². The summed E-state index contributed by atoms with van der Waals surface area (Å²) in [5.41, 5.74) is 2.56. The smallest absolute Gasteiger partial charge is 0.277 e. The van der Waals surface area contributed by atoms with Gasteiger partial charge in [0.25, 0.3) is 11.8 Å². The second kappa shape index (κ2) is 8.36. The average Bonchev–Trinajstić information content (AvgIpc) is 2.87. The van der Waals surface area contributed by atoms with E-state index in [0.29, 0.717) is 0 Å². The number of nitrogens with zero attached hydrogens (tertiary/aromatic N) is 3. The molecular formula is C22H23N3O2. The molecule has 0 N–H and O–H groups in total. The van der Waals surface area contributed by atoms with Crippen molar-refractivity contribution in [3.63, 3.8) is 0 Å². The second-order valence-electron chi connectivity index (χ2n) is 6.46. The molecule has 1 heterocycles. The van der Waals surface area contributed by atoms with Gasteiger partial charge in [0.15, 0.2) is 0 Å². The van der Waals surface area contributed by atoms with Gasteiger partial charge in [-0.05, 0) is 29.5 Å². The van der Waals surface area contributed by atoms with Gasteiger partial charge in [-0.15, -0.1) is 0 Å². The Bertz CT molecular complexity index is 796. The SMILES string of the molecule is CN1C(=O)C(=C/C=C/N(Cc2ccccc2)Cc2ccccc2)C(=O)N1C. The van der Waals surface area contributed by atoms with Crippen LogP contribution in [0.2, 0.25) is 0 Å². The predicted octanol–water partition coefficient (Wildman–Crippen LogP) is 2.97. The highest BCUT2D eigenvalue weighted by atomic mass is 16.2. The van der Waals surface area contributed by atoms with Crippen LogP contribution in [0.15, 0.2) is 84.6 Å². The Morgan fingerprint density at radius 1 is 0.778 bits per heavy atom. The van der Waals surface area contributed by atoms with Crippen molar-refractivity contribution in [3.05, 3.63) is 95.7 Å². The summed E-state index contributed by atoms with van der Waals surface area (Å²) in [6.45, 7) is 1.47. The zero-order valence-electron chi connectivity index (χ0n) is 15.6. The molecule has 3 rings (SSSR count). The Kier molecular flexibility index (Phi) is 5.71. The number of hydrogen-bond donors (Lipinski definition) is 0. The molecule has 0 radical (unpaired) electrons. The number of carbonyl (C=O) groups excluding carboxylic acids is 2. The molecule has 1 aliphatic rings. The molecular weight excluding hydrogens is 338 g/mol. The lowest BCUT2D eigenvalue weighted by Crippen LogP contribution is -2.33. The van der Waals surface area contributed by atoms with Gasteiger partial charge in [-0.25, -0.2) is 0 Å². The van der Waals surface area contributed by atoms with Crippen LogP contribution in [0, 0.1) is 0 Å². The van der Waals surface area contributed by atoms with E-state index in [9.17, 15) is 9.59 Å². The van der Waals surface area contributed by atoms with Crippen LogP contribution < -0.4 is 0 Å². The van der Waals surface area contributed by atoms with Crippen molar-refractivity contribution in [2.45, 2.75) is 13.1 Å². The zero-order valence-corrected chi connectivity index (χ0v) is 15.6. The number of hydrogen-bond acceptors (Lipinski definition) is 3. The van der Waals surface area contributed by atoms with E-state index >= 15 is 0 Å². The zero-order chi connectivity index (χ0) is 19.2. The van der Waals surface area contributed by atoms with Gasteiger partial charge >= 0.3 is 0 Å². The molecule has 2 aromatic rings. The third kappa shape index (κ3) is 4.44. The molecule has 0 unspecified atom stereocenters. The van der Waals surface area contributed by atoms with E-state index in [2.05, 4.69) is 29.2 Å². The van der Waals surface area contributed by atoms with E-state index < -0.39 is 0 Å². The van der Waals surface area contributed by atoms with Crippen LogP contribution in [-0.2, 0) is 22.7 Å². The topological polar surface area (TPSA) is 43.9 Å². The van der Waals surface area contributed by atoms with Crippen LogP contribution in [-0.4, -0.2) is 40.8 Å². The molecule has 0 spiro atoms. The van der Waals surface area contributed by atoms with E-state index in [4.69, 9.17) is 0 Å². The first kappa shape index (κ1) is 18.5. The van der Waals surface area contributed by atoms with E-state index in [0.717, 1.165) is 13.1 Å². The monoisotopic (exact) mass is 361 g/mol. The first-order chi connectivity index (χ1) is 13.1. The van der Waals surface area contributed by atoms with Gasteiger partial charge < -0.3 is 4.90 Å². The van der Waals surface area contributed by atoms with Crippen LogP contribution in [0.3, 0.4) is 0 Å². The summed E-state index contributed by atoms with van der Waals surface area (Å²) in [7, 11) is 3.17. The molecule has 0 atom stereocenters. The molecule has 1 fully saturated rings. The fraction of sp³-hybridized carbons (Fsp3) is 0.182. The Balaban J connectivity index is 1.78. The summed E-state index contributed by atoms with van der Waals surface area (Å²) in [4.78, 5) is 26.4. The van der Waals surface area contributed by atoms with Crippen molar-refractivity contribution in [1.29, 1.82) is 0 Å². The predicted molar refractivity (Wildman–Crippen MR) is 105 cm³/mol. The number of carbonyl (C=O) groups is 2. The van der Waals surface area contributed by atoms with Crippen LogP contribution in [0.25, 0.3) is 0 Å².